The summed E-state index contributed by atoms with van der Waals surface area (Å²) < 4.78 is 0. The number of fused-ring (bicyclic) bond motifs is 1. The maximum absolute atomic E-state index is 12.9. The fraction of sp³-hybridized carbons (Fsp3) is 0.476. The van der Waals surface area contributed by atoms with Crippen molar-refractivity contribution in [2.45, 2.75) is 50.9 Å². The SMILES string of the molecule is O=C1CCC(N2Cc3ccc(CNc4cnn(C5CCNCC5)n4)cc3C2=O)C(=O)N1. The number of benzene rings is 1. The lowest BCUT2D eigenvalue weighted by atomic mass is 10.0. The molecule has 0 saturated carbocycles. The largest absolute Gasteiger partial charge is 0.363 e. The van der Waals surface area contributed by atoms with E-state index in [9.17, 15) is 14.4 Å². The zero-order valence-electron chi connectivity index (χ0n) is 17.1. The Morgan fingerprint density at radius 3 is 2.77 bits per heavy atom. The number of amides is 3. The summed E-state index contributed by atoms with van der Waals surface area (Å²) in [6, 6.07) is 5.51. The Morgan fingerprint density at radius 2 is 1.97 bits per heavy atom. The van der Waals surface area contributed by atoms with Crippen LogP contribution in [0.2, 0.25) is 0 Å². The van der Waals surface area contributed by atoms with E-state index in [1.807, 2.05) is 18.2 Å². The number of anilines is 1. The van der Waals surface area contributed by atoms with E-state index < -0.39 is 11.9 Å². The van der Waals surface area contributed by atoms with E-state index in [4.69, 9.17) is 0 Å². The van der Waals surface area contributed by atoms with Gasteiger partial charge in [-0.25, -0.2) is 0 Å². The van der Waals surface area contributed by atoms with Gasteiger partial charge in [-0.05, 0) is 49.5 Å². The molecule has 1 atom stereocenters. The van der Waals surface area contributed by atoms with E-state index in [0.29, 0.717) is 36.9 Å². The van der Waals surface area contributed by atoms with Crippen molar-refractivity contribution in [2.24, 2.45) is 0 Å². The highest BCUT2D eigenvalue weighted by Crippen LogP contribution is 2.28. The monoisotopic (exact) mass is 423 g/mol. The Hall–Kier alpha value is -3.27. The minimum absolute atomic E-state index is 0.164. The number of nitrogens with zero attached hydrogens (tertiary/aromatic N) is 4. The van der Waals surface area contributed by atoms with Crippen molar-refractivity contribution in [3.8, 4) is 0 Å². The normalized spacial score (nSPS) is 21.9. The van der Waals surface area contributed by atoms with Crippen molar-refractivity contribution in [1.82, 2.24) is 30.5 Å². The fourth-order valence-electron chi connectivity index (χ4n) is 4.47. The molecule has 0 aliphatic carbocycles. The number of hydrogen-bond donors (Lipinski definition) is 3. The van der Waals surface area contributed by atoms with Crippen molar-refractivity contribution >= 4 is 23.5 Å². The molecule has 0 radical (unpaired) electrons. The van der Waals surface area contributed by atoms with E-state index in [1.165, 1.54) is 0 Å². The molecule has 3 aliphatic heterocycles. The first-order chi connectivity index (χ1) is 15.1. The second-order valence-corrected chi connectivity index (χ2v) is 8.28. The van der Waals surface area contributed by atoms with E-state index in [2.05, 4.69) is 26.1 Å². The van der Waals surface area contributed by atoms with Gasteiger partial charge in [-0.15, -0.1) is 5.10 Å². The van der Waals surface area contributed by atoms with Crippen LogP contribution in [0.1, 0.15) is 53.2 Å². The summed E-state index contributed by atoms with van der Waals surface area (Å²) in [4.78, 5) is 39.9. The minimum Gasteiger partial charge on any atom is -0.363 e. The third-order valence-corrected chi connectivity index (χ3v) is 6.21. The van der Waals surface area contributed by atoms with Crippen LogP contribution in [-0.4, -0.2) is 56.7 Å². The molecule has 0 spiro atoms. The summed E-state index contributed by atoms with van der Waals surface area (Å²) >= 11 is 0. The smallest absolute Gasteiger partial charge is 0.255 e. The number of carbonyl (C=O) groups is 3. The van der Waals surface area contributed by atoms with Gasteiger partial charge in [-0.2, -0.15) is 9.90 Å². The molecule has 2 saturated heterocycles. The molecule has 1 unspecified atom stereocenters. The zero-order chi connectivity index (χ0) is 21.4. The van der Waals surface area contributed by atoms with Gasteiger partial charge in [0, 0.05) is 25.1 Å². The summed E-state index contributed by atoms with van der Waals surface area (Å²) in [5.74, 6) is -0.134. The minimum atomic E-state index is -0.593. The van der Waals surface area contributed by atoms with E-state index in [0.717, 1.165) is 37.1 Å². The number of carbonyl (C=O) groups excluding carboxylic acids is 3. The standard InChI is InChI=1S/C21H25N7O3/c29-19-4-3-17(20(30)25-19)27-12-14-2-1-13(9-16(14)21(27)31)10-23-18-11-24-28(26-18)15-5-7-22-8-6-15/h1-2,9,11,15,17,22H,3-8,10,12H2,(H,23,26)(H,25,29,30). The van der Waals surface area contributed by atoms with Gasteiger partial charge in [0.05, 0.1) is 12.2 Å². The predicted octanol–water partition coefficient (Wildman–Crippen LogP) is 0.576. The van der Waals surface area contributed by atoms with Crippen LogP contribution in [0, 0.1) is 0 Å². The average Bonchev–Trinajstić information content (AvgIpc) is 3.38. The van der Waals surface area contributed by atoms with E-state index >= 15 is 0 Å². The number of imide groups is 1. The van der Waals surface area contributed by atoms with Crippen molar-refractivity contribution in [3.05, 3.63) is 41.1 Å². The van der Waals surface area contributed by atoms with E-state index in [1.54, 1.807) is 15.9 Å². The van der Waals surface area contributed by atoms with Gasteiger partial charge < -0.3 is 15.5 Å². The summed E-state index contributed by atoms with van der Waals surface area (Å²) in [6.45, 7) is 2.87. The van der Waals surface area contributed by atoms with Gasteiger partial charge in [0.25, 0.3) is 5.91 Å². The molecule has 2 aromatic rings. The molecule has 1 aromatic carbocycles. The van der Waals surface area contributed by atoms with Crippen LogP contribution in [0.5, 0.6) is 0 Å². The van der Waals surface area contributed by atoms with Gasteiger partial charge >= 0.3 is 0 Å². The lowest BCUT2D eigenvalue weighted by molar-refractivity contribution is -0.136. The van der Waals surface area contributed by atoms with Crippen LogP contribution in [0.4, 0.5) is 5.82 Å². The van der Waals surface area contributed by atoms with Crippen molar-refractivity contribution in [1.29, 1.82) is 0 Å². The van der Waals surface area contributed by atoms with Crippen LogP contribution in [0.3, 0.4) is 0 Å². The van der Waals surface area contributed by atoms with E-state index in [-0.39, 0.29) is 18.2 Å². The topological polar surface area (TPSA) is 121 Å². The first kappa shape index (κ1) is 19.7. The van der Waals surface area contributed by atoms with Crippen LogP contribution < -0.4 is 16.0 Å². The van der Waals surface area contributed by atoms with Crippen molar-refractivity contribution in [3.63, 3.8) is 0 Å². The van der Waals surface area contributed by atoms with Gasteiger partial charge in [0.2, 0.25) is 11.8 Å². The van der Waals surface area contributed by atoms with Crippen LogP contribution in [0.25, 0.3) is 0 Å². The maximum Gasteiger partial charge on any atom is 0.255 e. The molecule has 4 heterocycles. The average molecular weight is 423 g/mol. The second kappa shape index (κ2) is 8.10. The molecule has 162 valence electrons. The molecule has 3 N–H and O–H groups in total. The quantitative estimate of drug-likeness (QED) is 0.602. The maximum atomic E-state index is 12.9. The number of hydrogen-bond acceptors (Lipinski definition) is 7. The Morgan fingerprint density at radius 1 is 1.13 bits per heavy atom. The van der Waals surface area contributed by atoms with Crippen LogP contribution >= 0.6 is 0 Å². The number of aromatic nitrogens is 3. The number of rotatable bonds is 5. The lowest BCUT2D eigenvalue weighted by Crippen LogP contribution is -2.52. The summed E-state index contributed by atoms with van der Waals surface area (Å²) in [5, 5.41) is 17.9. The fourth-order valence-corrected chi connectivity index (χ4v) is 4.47. The van der Waals surface area contributed by atoms with Gasteiger partial charge in [-0.3, -0.25) is 19.7 Å². The molecule has 3 aliphatic rings. The van der Waals surface area contributed by atoms with Gasteiger partial charge in [-0.1, -0.05) is 12.1 Å². The summed E-state index contributed by atoms with van der Waals surface area (Å²) in [7, 11) is 0. The first-order valence-electron chi connectivity index (χ1n) is 10.7. The number of piperidine rings is 2. The lowest BCUT2D eigenvalue weighted by Gasteiger charge is -2.29. The molecule has 3 amide bonds. The summed E-state index contributed by atoms with van der Waals surface area (Å²) in [5.41, 5.74) is 2.46. The molecular weight excluding hydrogens is 398 g/mol. The molecular formula is C21H25N7O3. The number of nitrogens with one attached hydrogen (secondary N) is 3. The highest BCUT2D eigenvalue weighted by Gasteiger charge is 2.39. The highest BCUT2D eigenvalue weighted by molar-refractivity contribution is 6.05. The molecule has 1 aromatic heterocycles. The highest BCUT2D eigenvalue weighted by atomic mass is 16.2. The molecule has 2 fully saturated rings. The van der Waals surface area contributed by atoms with Crippen LogP contribution in [0.15, 0.2) is 24.4 Å². The third kappa shape index (κ3) is 3.90. The molecule has 31 heavy (non-hydrogen) atoms. The molecule has 5 rings (SSSR count). The Balaban J connectivity index is 1.23. The molecule has 0 bridgehead atoms. The Kier molecular flexibility index (Phi) is 5.14. The Bertz CT molecular complexity index is 1030. The predicted molar refractivity (Wildman–Crippen MR) is 111 cm³/mol. The van der Waals surface area contributed by atoms with Crippen molar-refractivity contribution in [2.75, 3.05) is 18.4 Å². The zero-order valence-corrected chi connectivity index (χ0v) is 17.1. The second-order valence-electron chi connectivity index (χ2n) is 8.28. The first-order valence-corrected chi connectivity index (χ1v) is 10.7. The van der Waals surface area contributed by atoms with Crippen molar-refractivity contribution < 1.29 is 14.4 Å². The summed E-state index contributed by atoms with van der Waals surface area (Å²) in [6.07, 6.45) is 4.38. The Labute approximate surface area is 179 Å². The third-order valence-electron chi connectivity index (χ3n) is 6.21. The van der Waals surface area contributed by atoms with Crippen LogP contribution in [-0.2, 0) is 22.7 Å². The van der Waals surface area contributed by atoms with Gasteiger partial charge in [0.15, 0.2) is 5.82 Å². The molecule has 10 nitrogen and oxygen atoms in total. The molecule has 10 heteroatoms. The van der Waals surface area contributed by atoms with Gasteiger partial charge in [0.1, 0.15) is 6.04 Å².